The van der Waals surface area contributed by atoms with Gasteiger partial charge in [-0.1, -0.05) is 30.3 Å². The molecule has 1 aliphatic heterocycles. The summed E-state index contributed by atoms with van der Waals surface area (Å²) >= 11 is 0. The molecule has 2 amide bonds. The molecule has 9 heteroatoms. The second kappa shape index (κ2) is 10.6. The summed E-state index contributed by atoms with van der Waals surface area (Å²) in [7, 11) is 1.69. The van der Waals surface area contributed by atoms with E-state index in [1.165, 1.54) is 4.90 Å². The van der Waals surface area contributed by atoms with Gasteiger partial charge in [-0.15, -0.1) is 0 Å². The average Bonchev–Trinajstić information content (AvgIpc) is 3.54. The minimum atomic E-state index is -0.762. The summed E-state index contributed by atoms with van der Waals surface area (Å²) in [4.78, 5) is 28.5. The quantitative estimate of drug-likeness (QED) is 0.440. The second-order valence-electron chi connectivity index (χ2n) is 9.59. The third kappa shape index (κ3) is 5.46. The smallest absolute Gasteiger partial charge is 0.249 e. The molecule has 0 bridgehead atoms. The van der Waals surface area contributed by atoms with Crippen molar-refractivity contribution in [1.82, 2.24) is 15.1 Å². The first-order chi connectivity index (χ1) is 17.9. The molecular weight excluding hydrogens is 472 g/mol. The van der Waals surface area contributed by atoms with Gasteiger partial charge in [0.05, 0.1) is 25.3 Å². The molecule has 194 valence electrons. The summed E-state index contributed by atoms with van der Waals surface area (Å²) in [6.07, 6.45) is 2.61. The Kier molecular flexibility index (Phi) is 7.14. The van der Waals surface area contributed by atoms with Gasteiger partial charge in [-0.25, -0.2) is 0 Å². The third-order valence-electron chi connectivity index (χ3n) is 6.90. The van der Waals surface area contributed by atoms with Gasteiger partial charge in [0.15, 0.2) is 11.5 Å². The molecule has 0 radical (unpaired) electrons. The lowest BCUT2D eigenvalue weighted by Crippen LogP contribution is -2.49. The van der Waals surface area contributed by atoms with Gasteiger partial charge in [-0.2, -0.15) is 5.10 Å². The molecule has 1 aliphatic carbocycles. The van der Waals surface area contributed by atoms with Crippen LogP contribution in [0, 0.1) is 6.92 Å². The Labute approximate surface area is 216 Å². The Morgan fingerprint density at radius 2 is 1.92 bits per heavy atom. The fourth-order valence-electron chi connectivity index (χ4n) is 4.84. The number of ether oxygens (including phenoxy) is 2. The number of nitrogens with zero attached hydrogens (tertiary/aromatic N) is 3. The normalized spacial score (nSPS) is 14.9. The van der Waals surface area contributed by atoms with E-state index in [-0.39, 0.29) is 31.6 Å². The molecule has 1 atom stereocenters. The number of carbonyl (C=O) groups excluding carboxylic acids is 2. The number of aliphatic hydroxyl groups excluding tert-OH is 1. The van der Waals surface area contributed by atoms with Crippen molar-refractivity contribution in [3.63, 3.8) is 0 Å². The molecule has 5 rings (SSSR count). The molecule has 2 aliphatic rings. The number of rotatable bonds is 10. The summed E-state index contributed by atoms with van der Waals surface area (Å²) < 4.78 is 12.7. The molecule has 2 N–H and O–H groups in total. The first-order valence-electron chi connectivity index (χ1n) is 12.6. The van der Waals surface area contributed by atoms with E-state index in [0.717, 1.165) is 35.4 Å². The number of aliphatic hydroxyl groups is 1. The van der Waals surface area contributed by atoms with Crippen LogP contribution in [0.4, 0.5) is 5.69 Å². The maximum Gasteiger partial charge on any atom is 0.249 e. The topological polar surface area (TPSA) is 106 Å². The molecule has 3 aromatic rings. The van der Waals surface area contributed by atoms with Crippen LogP contribution < -0.4 is 19.7 Å². The molecule has 2 aromatic carbocycles. The van der Waals surface area contributed by atoms with Crippen molar-refractivity contribution in [2.45, 2.75) is 51.1 Å². The van der Waals surface area contributed by atoms with E-state index >= 15 is 0 Å². The van der Waals surface area contributed by atoms with E-state index < -0.39 is 6.04 Å². The first-order valence-corrected chi connectivity index (χ1v) is 12.6. The van der Waals surface area contributed by atoms with Gasteiger partial charge in [-0.3, -0.25) is 14.3 Å². The lowest BCUT2D eigenvalue weighted by atomic mass is 10.0. The fourth-order valence-corrected chi connectivity index (χ4v) is 4.84. The first kappa shape index (κ1) is 24.8. The van der Waals surface area contributed by atoms with Crippen molar-refractivity contribution in [1.29, 1.82) is 0 Å². The zero-order valence-corrected chi connectivity index (χ0v) is 21.1. The molecule has 37 heavy (non-hydrogen) atoms. The van der Waals surface area contributed by atoms with Gasteiger partial charge in [0.2, 0.25) is 18.6 Å². The monoisotopic (exact) mass is 504 g/mol. The number of nitrogens with one attached hydrogen (secondary N) is 1. The SMILES string of the molecule is Cc1nn(CCO)c(C2CC2)c1CC(=O)N[C@@H](Cc1ccccc1)C(=O)N(C)c1ccc2c(c1)OCO2. The standard InChI is InChI=1S/C28H32N4O5/c1-18-22(27(20-8-9-20)32(30-18)12-13-33)16-26(34)29-23(14-19-6-4-3-5-7-19)28(35)31(2)21-10-11-24-25(15-21)37-17-36-24/h3-7,10-11,15,20,23,33H,8-9,12-14,16-17H2,1-2H3,(H,29,34)/t23-/m0/s1. The maximum absolute atomic E-state index is 13.7. The molecule has 0 spiro atoms. The minimum absolute atomic E-state index is 0.00762. The van der Waals surface area contributed by atoms with Gasteiger partial charge in [0.1, 0.15) is 6.04 Å². The van der Waals surface area contributed by atoms with Crippen molar-refractivity contribution >= 4 is 17.5 Å². The maximum atomic E-state index is 13.7. The molecular formula is C28H32N4O5. The molecule has 0 saturated heterocycles. The largest absolute Gasteiger partial charge is 0.454 e. The van der Waals surface area contributed by atoms with Crippen LogP contribution in [0.2, 0.25) is 0 Å². The lowest BCUT2D eigenvalue weighted by Gasteiger charge is -2.25. The number of fused-ring (bicyclic) bond motifs is 1. The van der Waals surface area contributed by atoms with E-state index in [4.69, 9.17) is 9.47 Å². The number of aryl methyl sites for hydroxylation is 1. The van der Waals surface area contributed by atoms with Crippen LogP contribution in [-0.4, -0.2) is 53.2 Å². The van der Waals surface area contributed by atoms with Crippen molar-refractivity contribution in [2.75, 3.05) is 25.3 Å². The zero-order valence-electron chi connectivity index (χ0n) is 21.1. The number of anilines is 1. The summed E-state index contributed by atoms with van der Waals surface area (Å²) in [5, 5.41) is 17.0. The van der Waals surface area contributed by atoms with Crippen LogP contribution >= 0.6 is 0 Å². The molecule has 1 aromatic heterocycles. The van der Waals surface area contributed by atoms with Crippen LogP contribution in [0.3, 0.4) is 0 Å². The lowest BCUT2D eigenvalue weighted by molar-refractivity contribution is -0.127. The van der Waals surface area contributed by atoms with Crippen LogP contribution in [-0.2, 0) is 29.0 Å². The minimum Gasteiger partial charge on any atom is -0.454 e. The Morgan fingerprint density at radius 3 is 2.65 bits per heavy atom. The molecule has 2 heterocycles. The number of likely N-dealkylation sites (N-methyl/N-ethyl adjacent to an activating group) is 1. The molecule has 9 nitrogen and oxygen atoms in total. The van der Waals surface area contributed by atoms with Gasteiger partial charge in [0.25, 0.3) is 0 Å². The van der Waals surface area contributed by atoms with Crippen molar-refractivity contribution in [3.8, 4) is 11.5 Å². The fraction of sp³-hybridized carbons (Fsp3) is 0.393. The highest BCUT2D eigenvalue weighted by Crippen LogP contribution is 2.42. The van der Waals surface area contributed by atoms with Crippen molar-refractivity contribution in [2.24, 2.45) is 0 Å². The van der Waals surface area contributed by atoms with Crippen LogP contribution in [0.15, 0.2) is 48.5 Å². The van der Waals surface area contributed by atoms with E-state index in [1.807, 2.05) is 41.9 Å². The van der Waals surface area contributed by atoms with E-state index in [0.29, 0.717) is 36.1 Å². The molecule has 0 unspecified atom stereocenters. The number of amides is 2. The summed E-state index contributed by atoms with van der Waals surface area (Å²) in [6.45, 7) is 2.44. The number of aromatic nitrogens is 2. The second-order valence-corrected chi connectivity index (χ2v) is 9.59. The Balaban J connectivity index is 1.36. The summed E-state index contributed by atoms with van der Waals surface area (Å²) in [5.74, 6) is 1.13. The average molecular weight is 505 g/mol. The predicted molar refractivity (Wildman–Crippen MR) is 138 cm³/mol. The molecule has 1 fully saturated rings. The Bertz CT molecular complexity index is 1290. The van der Waals surface area contributed by atoms with Crippen LogP contribution in [0.25, 0.3) is 0 Å². The van der Waals surface area contributed by atoms with Crippen molar-refractivity contribution < 1.29 is 24.2 Å². The Hall–Kier alpha value is -3.85. The van der Waals surface area contributed by atoms with Gasteiger partial charge >= 0.3 is 0 Å². The highest BCUT2D eigenvalue weighted by Gasteiger charge is 2.33. The summed E-state index contributed by atoms with van der Waals surface area (Å²) in [5.41, 5.74) is 4.31. The van der Waals surface area contributed by atoms with Crippen LogP contribution in [0.5, 0.6) is 11.5 Å². The summed E-state index contributed by atoms with van der Waals surface area (Å²) in [6, 6.07) is 14.2. The van der Waals surface area contributed by atoms with E-state index in [1.54, 1.807) is 25.2 Å². The van der Waals surface area contributed by atoms with E-state index in [9.17, 15) is 14.7 Å². The Morgan fingerprint density at radius 1 is 1.16 bits per heavy atom. The third-order valence-corrected chi connectivity index (χ3v) is 6.90. The van der Waals surface area contributed by atoms with Crippen molar-refractivity contribution in [3.05, 3.63) is 71.0 Å². The van der Waals surface area contributed by atoms with Gasteiger partial charge in [0, 0.05) is 42.4 Å². The van der Waals surface area contributed by atoms with E-state index in [2.05, 4.69) is 10.4 Å². The van der Waals surface area contributed by atoms with Gasteiger partial charge < -0.3 is 24.8 Å². The van der Waals surface area contributed by atoms with Gasteiger partial charge in [-0.05, 0) is 37.5 Å². The number of benzene rings is 2. The zero-order chi connectivity index (χ0) is 25.9. The van der Waals surface area contributed by atoms with Crippen LogP contribution in [0.1, 0.15) is 41.3 Å². The number of hydrogen-bond acceptors (Lipinski definition) is 6. The highest BCUT2D eigenvalue weighted by atomic mass is 16.7. The number of hydrogen-bond donors (Lipinski definition) is 2. The molecule has 1 saturated carbocycles. The predicted octanol–water partition coefficient (Wildman–Crippen LogP) is 2.72. The highest BCUT2D eigenvalue weighted by molar-refractivity contribution is 5.99. The number of carbonyl (C=O) groups is 2.